The molecule has 0 bridgehead atoms. The van der Waals surface area contributed by atoms with Crippen molar-refractivity contribution < 1.29 is 14.3 Å². The third kappa shape index (κ3) is 4.26. The summed E-state index contributed by atoms with van der Waals surface area (Å²) in [5.41, 5.74) is 1.68. The molecule has 1 N–H and O–H groups in total. The van der Waals surface area contributed by atoms with Gasteiger partial charge >= 0.3 is 0 Å². The standard InChI is InChI=1S/C19H23N3O3/c1-13-6-7-15-4-3-5-17(19(15)20-13)25-12-18(24)21-16-8-10-22(11-9-16)14(2)23/h3-7,16H,8-12H2,1-2H3,(H,21,24). The van der Waals surface area contributed by atoms with Crippen LogP contribution in [0.4, 0.5) is 0 Å². The average Bonchev–Trinajstić information content (AvgIpc) is 2.60. The number of nitrogens with one attached hydrogen (secondary N) is 1. The summed E-state index contributed by atoms with van der Waals surface area (Å²) in [6.07, 6.45) is 1.56. The number of fused-ring (bicyclic) bond motifs is 1. The molecule has 6 heteroatoms. The van der Waals surface area contributed by atoms with E-state index in [1.807, 2.05) is 42.2 Å². The molecule has 0 atom stereocenters. The topological polar surface area (TPSA) is 71.5 Å². The van der Waals surface area contributed by atoms with Crippen LogP contribution in [0.2, 0.25) is 0 Å². The number of benzene rings is 1. The molecule has 0 aliphatic carbocycles. The van der Waals surface area contributed by atoms with E-state index in [1.165, 1.54) is 0 Å². The molecule has 0 unspecified atom stereocenters. The Bertz CT molecular complexity index is 783. The van der Waals surface area contributed by atoms with Crippen molar-refractivity contribution in [3.63, 3.8) is 0 Å². The fourth-order valence-electron chi connectivity index (χ4n) is 3.09. The van der Waals surface area contributed by atoms with E-state index in [-0.39, 0.29) is 24.5 Å². The van der Waals surface area contributed by atoms with Crippen LogP contribution in [0.25, 0.3) is 10.9 Å². The fourth-order valence-corrected chi connectivity index (χ4v) is 3.09. The highest BCUT2D eigenvalue weighted by molar-refractivity contribution is 5.85. The van der Waals surface area contributed by atoms with Crippen molar-refractivity contribution in [2.75, 3.05) is 19.7 Å². The molecule has 0 radical (unpaired) electrons. The minimum Gasteiger partial charge on any atom is -0.481 e. The van der Waals surface area contributed by atoms with Gasteiger partial charge in [0.25, 0.3) is 5.91 Å². The first-order valence-electron chi connectivity index (χ1n) is 8.57. The lowest BCUT2D eigenvalue weighted by atomic mass is 10.1. The van der Waals surface area contributed by atoms with E-state index < -0.39 is 0 Å². The number of aryl methyl sites for hydroxylation is 1. The second kappa shape index (κ2) is 7.51. The van der Waals surface area contributed by atoms with Gasteiger partial charge in [0, 0.05) is 37.1 Å². The van der Waals surface area contributed by atoms with E-state index in [0.717, 1.165) is 29.4 Å². The first-order valence-corrected chi connectivity index (χ1v) is 8.57. The number of rotatable bonds is 4. The number of pyridine rings is 1. The highest BCUT2D eigenvalue weighted by Gasteiger charge is 2.22. The van der Waals surface area contributed by atoms with Crippen molar-refractivity contribution in [2.24, 2.45) is 0 Å². The highest BCUT2D eigenvalue weighted by atomic mass is 16.5. The maximum Gasteiger partial charge on any atom is 0.258 e. The molecular formula is C19H23N3O3. The summed E-state index contributed by atoms with van der Waals surface area (Å²) in [7, 11) is 0. The molecule has 0 saturated carbocycles. The van der Waals surface area contributed by atoms with Crippen LogP contribution in [-0.4, -0.2) is 47.4 Å². The van der Waals surface area contributed by atoms with Gasteiger partial charge in [-0.05, 0) is 31.9 Å². The number of carbonyl (C=O) groups is 2. The van der Waals surface area contributed by atoms with Crippen LogP contribution in [-0.2, 0) is 9.59 Å². The number of hydrogen-bond donors (Lipinski definition) is 1. The molecule has 1 aliphatic heterocycles. The fraction of sp³-hybridized carbons (Fsp3) is 0.421. The van der Waals surface area contributed by atoms with Crippen molar-refractivity contribution in [3.8, 4) is 5.75 Å². The summed E-state index contributed by atoms with van der Waals surface area (Å²) in [5, 5.41) is 3.97. The summed E-state index contributed by atoms with van der Waals surface area (Å²) < 4.78 is 5.70. The SMILES string of the molecule is CC(=O)N1CCC(NC(=O)COc2cccc3ccc(C)nc23)CC1. The molecule has 2 heterocycles. The smallest absolute Gasteiger partial charge is 0.258 e. The summed E-state index contributed by atoms with van der Waals surface area (Å²) in [5.74, 6) is 0.556. The molecule has 1 saturated heterocycles. The van der Waals surface area contributed by atoms with Gasteiger partial charge in [-0.25, -0.2) is 4.98 Å². The number of carbonyl (C=O) groups excluding carboxylic acids is 2. The Kier molecular flexibility index (Phi) is 5.16. The Morgan fingerprint density at radius 3 is 2.72 bits per heavy atom. The van der Waals surface area contributed by atoms with E-state index in [0.29, 0.717) is 18.8 Å². The van der Waals surface area contributed by atoms with E-state index in [1.54, 1.807) is 6.92 Å². The third-order valence-electron chi connectivity index (χ3n) is 4.49. The van der Waals surface area contributed by atoms with Gasteiger partial charge in [-0.3, -0.25) is 9.59 Å². The van der Waals surface area contributed by atoms with Gasteiger partial charge in [-0.15, -0.1) is 0 Å². The summed E-state index contributed by atoms with van der Waals surface area (Å²) in [6.45, 7) is 4.84. The number of piperidine rings is 1. The highest BCUT2D eigenvalue weighted by Crippen LogP contribution is 2.23. The number of nitrogens with zero attached hydrogens (tertiary/aromatic N) is 2. The average molecular weight is 341 g/mol. The lowest BCUT2D eigenvalue weighted by molar-refractivity contribution is -0.130. The third-order valence-corrected chi connectivity index (χ3v) is 4.49. The van der Waals surface area contributed by atoms with Crippen LogP contribution in [0.1, 0.15) is 25.5 Å². The maximum absolute atomic E-state index is 12.2. The molecule has 6 nitrogen and oxygen atoms in total. The Hall–Kier alpha value is -2.63. The first-order chi connectivity index (χ1) is 12.0. The summed E-state index contributed by atoms with van der Waals surface area (Å²) in [6, 6.07) is 9.73. The molecular weight excluding hydrogens is 318 g/mol. The number of ether oxygens (including phenoxy) is 1. The van der Waals surface area contributed by atoms with Crippen LogP contribution >= 0.6 is 0 Å². The monoisotopic (exact) mass is 341 g/mol. The molecule has 1 aromatic heterocycles. The predicted octanol–water partition coefficient (Wildman–Crippen LogP) is 2.05. The minimum absolute atomic E-state index is 0.0400. The molecule has 0 spiro atoms. The van der Waals surface area contributed by atoms with Crippen molar-refractivity contribution in [1.29, 1.82) is 0 Å². The van der Waals surface area contributed by atoms with E-state index in [4.69, 9.17) is 4.74 Å². The van der Waals surface area contributed by atoms with E-state index in [9.17, 15) is 9.59 Å². The van der Waals surface area contributed by atoms with Crippen LogP contribution < -0.4 is 10.1 Å². The molecule has 1 aromatic carbocycles. The number of amides is 2. The summed E-state index contributed by atoms with van der Waals surface area (Å²) in [4.78, 5) is 29.8. The Balaban J connectivity index is 1.55. The molecule has 2 amide bonds. The van der Waals surface area contributed by atoms with Crippen LogP contribution in [0, 0.1) is 6.92 Å². The zero-order valence-electron chi connectivity index (χ0n) is 14.6. The Labute approximate surface area is 147 Å². The number of likely N-dealkylation sites (tertiary alicyclic amines) is 1. The van der Waals surface area contributed by atoms with Gasteiger partial charge in [-0.1, -0.05) is 18.2 Å². The lowest BCUT2D eigenvalue weighted by Crippen LogP contribution is -2.47. The minimum atomic E-state index is -0.147. The van der Waals surface area contributed by atoms with E-state index >= 15 is 0 Å². The van der Waals surface area contributed by atoms with Gasteiger partial charge in [-0.2, -0.15) is 0 Å². The molecule has 132 valence electrons. The Morgan fingerprint density at radius 2 is 2.00 bits per heavy atom. The van der Waals surface area contributed by atoms with Crippen LogP contribution in [0.5, 0.6) is 5.75 Å². The van der Waals surface area contributed by atoms with Gasteiger partial charge in [0.1, 0.15) is 11.3 Å². The van der Waals surface area contributed by atoms with Crippen molar-refractivity contribution in [1.82, 2.24) is 15.2 Å². The number of hydrogen-bond acceptors (Lipinski definition) is 4. The van der Waals surface area contributed by atoms with Crippen LogP contribution in [0.15, 0.2) is 30.3 Å². The maximum atomic E-state index is 12.2. The summed E-state index contributed by atoms with van der Waals surface area (Å²) >= 11 is 0. The zero-order chi connectivity index (χ0) is 17.8. The molecule has 25 heavy (non-hydrogen) atoms. The van der Waals surface area contributed by atoms with Crippen molar-refractivity contribution in [3.05, 3.63) is 36.0 Å². The molecule has 1 fully saturated rings. The van der Waals surface area contributed by atoms with Gasteiger partial charge in [0.2, 0.25) is 5.91 Å². The van der Waals surface area contributed by atoms with Gasteiger partial charge < -0.3 is 15.0 Å². The normalized spacial score (nSPS) is 15.2. The molecule has 1 aliphatic rings. The zero-order valence-corrected chi connectivity index (χ0v) is 14.6. The molecule has 3 rings (SSSR count). The second-order valence-electron chi connectivity index (χ2n) is 6.42. The largest absolute Gasteiger partial charge is 0.481 e. The van der Waals surface area contributed by atoms with Crippen molar-refractivity contribution >= 4 is 22.7 Å². The Morgan fingerprint density at radius 1 is 1.24 bits per heavy atom. The van der Waals surface area contributed by atoms with Gasteiger partial charge in [0.05, 0.1) is 0 Å². The lowest BCUT2D eigenvalue weighted by Gasteiger charge is -2.31. The predicted molar refractivity (Wildman–Crippen MR) is 95.4 cm³/mol. The van der Waals surface area contributed by atoms with Crippen molar-refractivity contribution in [2.45, 2.75) is 32.7 Å². The van der Waals surface area contributed by atoms with E-state index in [2.05, 4.69) is 10.3 Å². The first kappa shape index (κ1) is 17.2. The second-order valence-corrected chi connectivity index (χ2v) is 6.42. The van der Waals surface area contributed by atoms with Crippen LogP contribution in [0.3, 0.4) is 0 Å². The number of para-hydroxylation sites is 1. The number of aromatic nitrogens is 1. The van der Waals surface area contributed by atoms with Gasteiger partial charge in [0.15, 0.2) is 6.61 Å². The molecule has 2 aromatic rings. The quantitative estimate of drug-likeness (QED) is 0.924.